The number of benzene rings is 2. The zero-order valence-electron chi connectivity index (χ0n) is 14.6. The molecule has 2 nitrogen and oxygen atoms in total. The topological polar surface area (TPSA) is 8.17 Å². The zero-order valence-corrected chi connectivity index (χ0v) is 15.4. The van der Waals surface area contributed by atoms with Crippen LogP contribution in [0.15, 0.2) is 42.5 Å². The highest BCUT2D eigenvalue weighted by Crippen LogP contribution is 2.37. The third-order valence-electron chi connectivity index (χ3n) is 5.48. The third-order valence-corrected chi connectivity index (χ3v) is 5.72. The van der Waals surface area contributed by atoms with Crippen LogP contribution in [0.1, 0.15) is 29.8 Å². The minimum absolute atomic E-state index is 0.183. The number of rotatable bonds is 3. The predicted octanol–water partition coefficient (Wildman–Crippen LogP) is 5.23. The minimum Gasteiger partial charge on any atom is -0.342 e. The van der Waals surface area contributed by atoms with Gasteiger partial charge in [0.1, 0.15) is 5.82 Å². The van der Waals surface area contributed by atoms with E-state index in [0.29, 0.717) is 6.04 Å². The number of aromatic nitrogens is 1. The van der Waals surface area contributed by atoms with Crippen molar-refractivity contribution < 1.29 is 4.39 Å². The van der Waals surface area contributed by atoms with Gasteiger partial charge in [-0.05, 0) is 68.3 Å². The van der Waals surface area contributed by atoms with E-state index in [1.807, 2.05) is 18.2 Å². The van der Waals surface area contributed by atoms with Crippen LogP contribution in [-0.2, 0) is 19.4 Å². The Balaban J connectivity index is 1.77. The van der Waals surface area contributed by atoms with Crippen LogP contribution in [0.25, 0.3) is 10.9 Å². The van der Waals surface area contributed by atoms with E-state index >= 15 is 0 Å². The largest absolute Gasteiger partial charge is 0.342 e. The molecule has 0 bridgehead atoms. The summed E-state index contributed by atoms with van der Waals surface area (Å²) in [5.74, 6) is -0.183. The Morgan fingerprint density at radius 3 is 2.68 bits per heavy atom. The fraction of sp³-hybridized carbons (Fsp3) is 0.333. The SMILES string of the molecule is CC1c2c(c3cc(Cl)ccc3n2CCc2ccc(F)cc2)CCN1C. The summed E-state index contributed by atoms with van der Waals surface area (Å²) in [7, 11) is 2.18. The summed E-state index contributed by atoms with van der Waals surface area (Å²) in [4.78, 5) is 2.40. The van der Waals surface area contributed by atoms with Crippen LogP contribution in [0.5, 0.6) is 0 Å². The van der Waals surface area contributed by atoms with Crippen molar-refractivity contribution in [3.63, 3.8) is 0 Å². The quantitative estimate of drug-likeness (QED) is 0.624. The summed E-state index contributed by atoms with van der Waals surface area (Å²) < 4.78 is 15.6. The Bertz CT molecular complexity index is 914. The molecule has 3 aromatic rings. The number of hydrogen-bond acceptors (Lipinski definition) is 1. The normalized spacial score (nSPS) is 17.8. The average Bonchev–Trinajstić information content (AvgIpc) is 2.91. The number of likely N-dealkylation sites (N-methyl/N-ethyl adjacent to an activating group) is 1. The number of fused-ring (bicyclic) bond motifs is 3. The first kappa shape index (κ1) is 16.6. The van der Waals surface area contributed by atoms with Gasteiger partial charge in [-0.15, -0.1) is 0 Å². The molecular weight excluding hydrogens is 335 g/mol. The van der Waals surface area contributed by atoms with Crippen LogP contribution in [0, 0.1) is 5.82 Å². The van der Waals surface area contributed by atoms with E-state index < -0.39 is 0 Å². The maximum atomic E-state index is 13.1. The molecule has 0 fully saturated rings. The number of nitrogens with zero attached hydrogens (tertiary/aromatic N) is 2. The molecule has 0 spiro atoms. The highest BCUT2D eigenvalue weighted by Gasteiger charge is 2.27. The first-order valence-corrected chi connectivity index (χ1v) is 9.17. The van der Waals surface area contributed by atoms with E-state index in [4.69, 9.17) is 11.6 Å². The van der Waals surface area contributed by atoms with Gasteiger partial charge in [0.2, 0.25) is 0 Å². The summed E-state index contributed by atoms with van der Waals surface area (Å²) in [5, 5.41) is 2.07. The molecule has 1 aliphatic rings. The number of halogens is 2. The van der Waals surface area contributed by atoms with Gasteiger partial charge in [0.05, 0.1) is 0 Å². The van der Waals surface area contributed by atoms with E-state index in [-0.39, 0.29) is 5.82 Å². The second-order valence-electron chi connectivity index (χ2n) is 6.96. The standard InChI is InChI=1S/C21H22ClFN2/c1-14-21-18(10-11-24(14)2)19-13-16(22)5-8-20(19)25(21)12-9-15-3-6-17(23)7-4-15/h3-8,13-14H,9-12H2,1-2H3. The van der Waals surface area contributed by atoms with Gasteiger partial charge < -0.3 is 4.57 Å². The molecule has 1 aromatic heterocycles. The van der Waals surface area contributed by atoms with Gasteiger partial charge >= 0.3 is 0 Å². The second kappa shape index (κ2) is 6.47. The molecule has 2 aromatic carbocycles. The van der Waals surface area contributed by atoms with Crippen molar-refractivity contribution in [3.8, 4) is 0 Å². The van der Waals surface area contributed by atoms with Crippen LogP contribution in [0.4, 0.5) is 4.39 Å². The average molecular weight is 357 g/mol. The van der Waals surface area contributed by atoms with Crippen LogP contribution in [-0.4, -0.2) is 23.1 Å². The van der Waals surface area contributed by atoms with Crippen LogP contribution in [0.3, 0.4) is 0 Å². The van der Waals surface area contributed by atoms with Crippen molar-refractivity contribution in [2.75, 3.05) is 13.6 Å². The molecule has 25 heavy (non-hydrogen) atoms. The lowest BCUT2D eigenvalue weighted by Crippen LogP contribution is -2.31. The molecular formula is C21H22ClFN2. The summed E-state index contributed by atoms with van der Waals surface area (Å²) in [6, 6.07) is 13.4. The van der Waals surface area contributed by atoms with E-state index in [2.05, 4.69) is 35.6 Å². The maximum absolute atomic E-state index is 13.1. The summed E-state index contributed by atoms with van der Waals surface area (Å²) in [6.45, 7) is 4.22. The Kier molecular flexibility index (Phi) is 4.30. The van der Waals surface area contributed by atoms with Crippen molar-refractivity contribution in [1.82, 2.24) is 9.47 Å². The predicted molar refractivity (Wildman–Crippen MR) is 102 cm³/mol. The van der Waals surface area contributed by atoms with Crippen molar-refractivity contribution in [2.45, 2.75) is 32.4 Å². The van der Waals surface area contributed by atoms with Gasteiger partial charge in [-0.3, -0.25) is 4.90 Å². The monoisotopic (exact) mass is 356 g/mol. The number of aryl methyl sites for hydroxylation is 2. The van der Waals surface area contributed by atoms with Gasteiger partial charge in [-0.25, -0.2) is 4.39 Å². The fourth-order valence-corrected chi connectivity index (χ4v) is 4.15. The Labute approximate surface area is 152 Å². The van der Waals surface area contributed by atoms with Gasteiger partial charge in [-0.2, -0.15) is 0 Å². The van der Waals surface area contributed by atoms with Gasteiger partial charge in [0.25, 0.3) is 0 Å². The first-order valence-electron chi connectivity index (χ1n) is 8.80. The van der Waals surface area contributed by atoms with Crippen molar-refractivity contribution >= 4 is 22.5 Å². The minimum atomic E-state index is -0.183. The van der Waals surface area contributed by atoms with Gasteiger partial charge in [0.15, 0.2) is 0 Å². The smallest absolute Gasteiger partial charge is 0.123 e. The fourth-order valence-electron chi connectivity index (χ4n) is 3.98. The molecule has 4 rings (SSSR count). The van der Waals surface area contributed by atoms with Crippen LogP contribution >= 0.6 is 11.6 Å². The second-order valence-corrected chi connectivity index (χ2v) is 7.40. The Morgan fingerprint density at radius 2 is 1.92 bits per heavy atom. The molecule has 2 heterocycles. The van der Waals surface area contributed by atoms with Crippen LogP contribution < -0.4 is 0 Å². The van der Waals surface area contributed by atoms with Crippen molar-refractivity contribution in [3.05, 3.63) is 70.1 Å². The lowest BCUT2D eigenvalue weighted by atomic mass is 9.99. The molecule has 0 amide bonds. The van der Waals surface area contributed by atoms with Crippen molar-refractivity contribution in [1.29, 1.82) is 0 Å². The lowest BCUT2D eigenvalue weighted by molar-refractivity contribution is 0.238. The van der Waals surface area contributed by atoms with E-state index in [9.17, 15) is 4.39 Å². The molecule has 1 aliphatic heterocycles. The molecule has 4 heteroatoms. The van der Waals surface area contributed by atoms with Crippen LogP contribution in [0.2, 0.25) is 5.02 Å². The van der Waals surface area contributed by atoms with E-state index in [1.165, 1.54) is 34.3 Å². The molecule has 0 aliphatic carbocycles. The molecule has 1 atom stereocenters. The Hall–Kier alpha value is -1.84. The maximum Gasteiger partial charge on any atom is 0.123 e. The molecule has 130 valence electrons. The third kappa shape index (κ3) is 2.96. The zero-order chi connectivity index (χ0) is 17.6. The van der Waals surface area contributed by atoms with E-state index in [0.717, 1.165) is 36.5 Å². The lowest BCUT2D eigenvalue weighted by Gasteiger charge is -2.32. The van der Waals surface area contributed by atoms with Gasteiger partial charge in [-0.1, -0.05) is 23.7 Å². The summed E-state index contributed by atoms with van der Waals surface area (Å²) >= 11 is 6.27. The molecule has 0 radical (unpaired) electrons. The highest BCUT2D eigenvalue weighted by atomic mass is 35.5. The summed E-state index contributed by atoms with van der Waals surface area (Å²) in [6.07, 6.45) is 1.94. The van der Waals surface area contributed by atoms with Crippen molar-refractivity contribution in [2.24, 2.45) is 0 Å². The molecule has 0 saturated heterocycles. The molecule has 1 unspecified atom stereocenters. The van der Waals surface area contributed by atoms with Gasteiger partial charge in [0, 0.05) is 40.8 Å². The molecule has 0 saturated carbocycles. The molecule has 0 N–H and O–H groups in total. The number of hydrogen-bond donors (Lipinski definition) is 0. The first-order chi connectivity index (χ1) is 12.0. The highest BCUT2D eigenvalue weighted by molar-refractivity contribution is 6.31. The summed E-state index contributed by atoms with van der Waals surface area (Å²) in [5.41, 5.74) is 5.23. The Morgan fingerprint density at radius 1 is 1.16 bits per heavy atom. The van der Waals surface area contributed by atoms with E-state index in [1.54, 1.807) is 0 Å².